The van der Waals surface area contributed by atoms with Crippen molar-refractivity contribution in [3.63, 3.8) is 0 Å². The number of benzene rings is 1. The van der Waals surface area contributed by atoms with Crippen LogP contribution in [0.5, 0.6) is 17.4 Å². The first-order valence-electron chi connectivity index (χ1n) is 9.25. The van der Waals surface area contributed by atoms with Crippen molar-refractivity contribution in [2.45, 2.75) is 38.2 Å². The van der Waals surface area contributed by atoms with E-state index < -0.39 is 6.29 Å². The van der Waals surface area contributed by atoms with E-state index >= 15 is 0 Å². The third-order valence-corrected chi connectivity index (χ3v) is 5.82. The minimum Gasteiger partial charge on any atom is -0.472 e. The van der Waals surface area contributed by atoms with Crippen LogP contribution in [0.25, 0.3) is 11.1 Å². The van der Waals surface area contributed by atoms with Gasteiger partial charge in [0, 0.05) is 23.9 Å². The van der Waals surface area contributed by atoms with E-state index in [2.05, 4.69) is 26.3 Å². The molecule has 7 heteroatoms. The molecule has 2 unspecified atom stereocenters. The number of rotatable bonds is 3. The molecule has 3 fully saturated rings. The summed E-state index contributed by atoms with van der Waals surface area (Å²) in [5.74, 6) is 1.24. The highest BCUT2D eigenvalue weighted by atomic mass is 19.3. The van der Waals surface area contributed by atoms with Crippen LogP contribution >= 0.6 is 0 Å². The smallest absolute Gasteiger partial charge is 0.472 e. The number of hydrogen-bond acceptors (Lipinski definition) is 5. The van der Waals surface area contributed by atoms with Gasteiger partial charge in [0.05, 0.1) is 0 Å². The second-order valence-corrected chi connectivity index (χ2v) is 7.41. The number of halogens is 2. The molecular weight excluding hydrogens is 354 g/mol. The van der Waals surface area contributed by atoms with Gasteiger partial charge in [-0.3, -0.25) is 4.90 Å². The van der Waals surface area contributed by atoms with Crippen LogP contribution in [0.1, 0.15) is 19.8 Å². The number of nitrogens with zero attached hydrogens (tertiary/aromatic N) is 2. The molecule has 0 N–H and O–H groups in total. The van der Waals surface area contributed by atoms with E-state index in [1.807, 2.05) is 12.1 Å². The Morgan fingerprint density at radius 1 is 1.07 bits per heavy atom. The second kappa shape index (κ2) is 6.05. The summed E-state index contributed by atoms with van der Waals surface area (Å²) >= 11 is 0. The summed E-state index contributed by atoms with van der Waals surface area (Å²) in [6, 6.07) is 8.82. The van der Waals surface area contributed by atoms with Crippen molar-refractivity contribution in [2.75, 3.05) is 13.1 Å². The Kier molecular flexibility index (Phi) is 3.75. The molecule has 0 amide bonds. The Morgan fingerprint density at radius 3 is 2.52 bits per heavy atom. The van der Waals surface area contributed by atoms with Crippen LogP contribution in [0.3, 0.4) is 0 Å². The quantitative estimate of drug-likeness (QED) is 0.814. The molecule has 4 aliphatic rings. The molecule has 0 spiro atoms. The van der Waals surface area contributed by atoms with Crippen LogP contribution in [-0.2, 0) is 0 Å². The summed E-state index contributed by atoms with van der Waals surface area (Å²) in [6.45, 7) is 4.52. The first kappa shape index (κ1) is 16.7. The Labute approximate surface area is 155 Å². The van der Waals surface area contributed by atoms with E-state index in [1.54, 1.807) is 12.3 Å². The molecule has 27 heavy (non-hydrogen) atoms. The van der Waals surface area contributed by atoms with Crippen molar-refractivity contribution >= 4 is 0 Å². The van der Waals surface area contributed by atoms with Crippen molar-refractivity contribution in [1.29, 1.82) is 0 Å². The lowest BCUT2D eigenvalue weighted by molar-refractivity contribution is -0.286. The summed E-state index contributed by atoms with van der Waals surface area (Å²) in [5.41, 5.74) is 1.52. The maximum Gasteiger partial charge on any atom is 0.586 e. The molecule has 0 saturated carbocycles. The fraction of sp³-hybridized carbons (Fsp3) is 0.450. The van der Waals surface area contributed by atoms with E-state index in [9.17, 15) is 8.78 Å². The van der Waals surface area contributed by atoms with Gasteiger partial charge in [-0.2, -0.15) is 0 Å². The van der Waals surface area contributed by atoms with Crippen LogP contribution in [-0.4, -0.2) is 41.4 Å². The monoisotopic (exact) mass is 374 g/mol. The Hall–Kier alpha value is -2.41. The number of piperidine rings is 3. The number of fused-ring (bicyclic) bond motifs is 4. The third kappa shape index (κ3) is 3.00. The van der Waals surface area contributed by atoms with E-state index in [-0.39, 0.29) is 17.6 Å². The zero-order valence-electron chi connectivity index (χ0n) is 14.9. The van der Waals surface area contributed by atoms with Gasteiger partial charge in [-0.05, 0) is 62.5 Å². The largest absolute Gasteiger partial charge is 0.586 e. The first-order chi connectivity index (χ1) is 13.0. The number of aromatic nitrogens is 1. The van der Waals surface area contributed by atoms with Gasteiger partial charge in [0.1, 0.15) is 6.10 Å². The SMILES string of the molecule is CC1C(Oc2ccc(-c3ccc4c(c3)OC(F)(F)O4)cn2)C2CCN1CC2. The minimum atomic E-state index is -3.61. The topological polar surface area (TPSA) is 43.8 Å². The van der Waals surface area contributed by atoms with E-state index in [1.165, 1.54) is 25.0 Å². The molecule has 2 aromatic rings. The van der Waals surface area contributed by atoms with Crippen LogP contribution in [0.4, 0.5) is 8.78 Å². The van der Waals surface area contributed by atoms with Crippen LogP contribution in [0.15, 0.2) is 36.5 Å². The van der Waals surface area contributed by atoms with Crippen LogP contribution < -0.4 is 14.2 Å². The molecule has 142 valence electrons. The highest BCUT2D eigenvalue weighted by Gasteiger charge is 2.43. The van der Waals surface area contributed by atoms with Crippen molar-refractivity contribution < 1.29 is 23.0 Å². The number of pyridine rings is 1. The molecular formula is C20H20F2N2O3. The highest BCUT2D eigenvalue weighted by molar-refractivity contribution is 5.67. The standard InChI is InChI=1S/C20H20F2N2O3/c1-12-19(13-6-8-24(12)9-7-13)25-18-5-3-15(11-23-18)14-2-4-16-17(10-14)27-20(21,22)26-16/h2-5,10-13,19H,6-9H2,1H3. The normalized spacial score (nSPS) is 30.3. The lowest BCUT2D eigenvalue weighted by Gasteiger charge is -2.49. The maximum absolute atomic E-state index is 13.2. The van der Waals surface area contributed by atoms with Gasteiger partial charge in [-0.1, -0.05) is 6.07 Å². The van der Waals surface area contributed by atoms with Gasteiger partial charge >= 0.3 is 6.29 Å². The molecule has 1 aromatic carbocycles. The van der Waals surface area contributed by atoms with Crippen molar-refractivity contribution in [2.24, 2.45) is 5.92 Å². The summed E-state index contributed by atoms with van der Waals surface area (Å²) in [7, 11) is 0. The molecule has 0 aliphatic carbocycles. The molecule has 4 aliphatic heterocycles. The lowest BCUT2D eigenvalue weighted by Crippen LogP contribution is -2.58. The number of hydrogen-bond donors (Lipinski definition) is 0. The molecule has 1 aromatic heterocycles. The zero-order chi connectivity index (χ0) is 18.6. The first-order valence-corrected chi connectivity index (χ1v) is 9.25. The minimum absolute atomic E-state index is 0.0268. The molecule has 0 radical (unpaired) electrons. The molecule has 2 atom stereocenters. The van der Waals surface area contributed by atoms with E-state index in [0.717, 1.165) is 24.2 Å². The van der Waals surface area contributed by atoms with Gasteiger partial charge in [-0.15, -0.1) is 8.78 Å². The number of alkyl halides is 2. The van der Waals surface area contributed by atoms with Crippen LogP contribution in [0.2, 0.25) is 0 Å². The zero-order valence-corrected chi connectivity index (χ0v) is 14.9. The summed E-state index contributed by atoms with van der Waals surface area (Å²) < 4.78 is 41.5. The molecule has 2 bridgehead atoms. The average Bonchev–Trinajstić information content (AvgIpc) is 2.98. The van der Waals surface area contributed by atoms with Gasteiger partial charge in [0.25, 0.3) is 0 Å². The predicted molar refractivity (Wildman–Crippen MR) is 94.1 cm³/mol. The molecule has 3 saturated heterocycles. The third-order valence-electron chi connectivity index (χ3n) is 5.82. The van der Waals surface area contributed by atoms with Crippen LogP contribution in [0, 0.1) is 5.92 Å². The predicted octanol–water partition coefficient (Wildman–Crippen LogP) is 3.93. The summed E-state index contributed by atoms with van der Waals surface area (Å²) in [4.78, 5) is 6.90. The highest BCUT2D eigenvalue weighted by Crippen LogP contribution is 2.43. The lowest BCUT2D eigenvalue weighted by atomic mass is 9.81. The van der Waals surface area contributed by atoms with Crippen molar-refractivity contribution in [3.05, 3.63) is 36.5 Å². The fourth-order valence-electron chi connectivity index (χ4n) is 4.34. The average molecular weight is 374 g/mol. The van der Waals surface area contributed by atoms with Gasteiger partial charge < -0.3 is 14.2 Å². The Morgan fingerprint density at radius 2 is 1.81 bits per heavy atom. The molecule has 6 rings (SSSR count). The molecule has 5 nitrogen and oxygen atoms in total. The summed E-state index contributed by atoms with van der Waals surface area (Å²) in [6.07, 6.45) is 0.600. The van der Waals surface area contributed by atoms with Gasteiger partial charge in [-0.25, -0.2) is 4.98 Å². The van der Waals surface area contributed by atoms with E-state index in [0.29, 0.717) is 17.8 Å². The second-order valence-electron chi connectivity index (χ2n) is 7.41. The van der Waals surface area contributed by atoms with Gasteiger partial charge in [0.2, 0.25) is 5.88 Å². The van der Waals surface area contributed by atoms with E-state index in [4.69, 9.17) is 4.74 Å². The fourth-order valence-corrected chi connectivity index (χ4v) is 4.34. The van der Waals surface area contributed by atoms with Crippen molar-refractivity contribution in [3.8, 4) is 28.5 Å². The Balaban J connectivity index is 1.33. The Bertz CT molecular complexity index is 849. The summed E-state index contributed by atoms with van der Waals surface area (Å²) in [5, 5.41) is 0. The van der Waals surface area contributed by atoms with Crippen molar-refractivity contribution in [1.82, 2.24) is 9.88 Å². The molecule has 5 heterocycles. The maximum atomic E-state index is 13.2. The van der Waals surface area contributed by atoms with Gasteiger partial charge in [0.15, 0.2) is 11.5 Å². The number of ether oxygens (including phenoxy) is 3.